The molecule has 5 heteroatoms. The summed E-state index contributed by atoms with van der Waals surface area (Å²) in [6.45, 7) is 7.97. The van der Waals surface area contributed by atoms with Gasteiger partial charge in [0.25, 0.3) is 0 Å². The van der Waals surface area contributed by atoms with Crippen LogP contribution in [0.25, 0.3) is 0 Å². The summed E-state index contributed by atoms with van der Waals surface area (Å²) in [5, 5.41) is 11.7. The van der Waals surface area contributed by atoms with Crippen LogP contribution >= 0.6 is 0 Å². The molecule has 17 heavy (non-hydrogen) atoms. The largest absolute Gasteiger partial charge is 0.316 e. The Morgan fingerprint density at radius 1 is 1.47 bits per heavy atom. The minimum absolute atomic E-state index is 0.410. The van der Waals surface area contributed by atoms with Gasteiger partial charge in [0.2, 0.25) is 0 Å². The average molecular weight is 235 g/mol. The molecule has 3 rings (SSSR count). The van der Waals surface area contributed by atoms with Crippen LogP contribution in [-0.2, 0) is 6.54 Å². The fourth-order valence-corrected chi connectivity index (χ4v) is 3.01. The fraction of sp³-hybridized carbons (Fsp3) is 0.833. The lowest BCUT2D eigenvalue weighted by Gasteiger charge is -2.36. The monoisotopic (exact) mass is 235 g/mol. The summed E-state index contributed by atoms with van der Waals surface area (Å²) in [7, 11) is 0. The number of aromatic nitrogens is 3. The van der Waals surface area contributed by atoms with Crippen LogP contribution in [-0.4, -0.2) is 45.8 Å². The highest BCUT2D eigenvalue weighted by Gasteiger charge is 2.27. The summed E-state index contributed by atoms with van der Waals surface area (Å²) in [5.74, 6) is 1.93. The third-order valence-electron chi connectivity index (χ3n) is 4.09. The van der Waals surface area contributed by atoms with Crippen LogP contribution in [0.1, 0.15) is 31.6 Å². The fourth-order valence-electron chi connectivity index (χ4n) is 3.01. The zero-order valence-electron chi connectivity index (χ0n) is 10.5. The molecule has 1 fully saturated rings. The molecule has 1 N–H and O–H groups in total. The molecule has 0 aliphatic carbocycles. The van der Waals surface area contributed by atoms with Crippen LogP contribution in [0, 0.1) is 5.92 Å². The predicted molar refractivity (Wildman–Crippen MR) is 65.6 cm³/mol. The average Bonchev–Trinajstić information content (AvgIpc) is 2.83. The molecule has 0 bridgehead atoms. The highest BCUT2D eigenvalue weighted by atomic mass is 15.3. The summed E-state index contributed by atoms with van der Waals surface area (Å²) >= 11 is 0. The smallest absolute Gasteiger partial charge is 0.149 e. The molecule has 2 unspecified atom stereocenters. The standard InChI is InChI=1S/C12H21N5/c1-10-12-15-14-9-17(12)6-5-16(10)8-11-3-2-4-13-7-11/h9-11,13H,2-8H2,1H3. The van der Waals surface area contributed by atoms with Crippen molar-refractivity contribution in [3.8, 4) is 0 Å². The van der Waals surface area contributed by atoms with Crippen molar-refractivity contribution < 1.29 is 0 Å². The van der Waals surface area contributed by atoms with Gasteiger partial charge in [-0.2, -0.15) is 0 Å². The number of rotatable bonds is 2. The quantitative estimate of drug-likeness (QED) is 0.818. The molecule has 2 aliphatic rings. The minimum atomic E-state index is 0.410. The van der Waals surface area contributed by atoms with Crippen molar-refractivity contribution >= 4 is 0 Å². The van der Waals surface area contributed by atoms with Gasteiger partial charge in [0.1, 0.15) is 12.2 Å². The van der Waals surface area contributed by atoms with Gasteiger partial charge in [-0.1, -0.05) is 0 Å². The van der Waals surface area contributed by atoms with Crippen molar-refractivity contribution in [3.63, 3.8) is 0 Å². The molecule has 0 amide bonds. The summed E-state index contributed by atoms with van der Waals surface area (Å²) < 4.78 is 2.18. The number of hydrogen-bond donors (Lipinski definition) is 1. The molecule has 1 aromatic rings. The first-order valence-electron chi connectivity index (χ1n) is 6.67. The van der Waals surface area contributed by atoms with Gasteiger partial charge in [0.05, 0.1) is 6.04 Å². The highest BCUT2D eigenvalue weighted by Crippen LogP contribution is 2.24. The Hall–Kier alpha value is -0.940. The van der Waals surface area contributed by atoms with Gasteiger partial charge in [-0.25, -0.2) is 0 Å². The number of fused-ring (bicyclic) bond motifs is 1. The Morgan fingerprint density at radius 3 is 3.24 bits per heavy atom. The Morgan fingerprint density at radius 2 is 2.41 bits per heavy atom. The summed E-state index contributed by atoms with van der Waals surface area (Å²) in [6, 6.07) is 0.410. The second kappa shape index (κ2) is 4.74. The normalized spacial score (nSPS) is 30.2. The van der Waals surface area contributed by atoms with E-state index in [1.165, 1.54) is 32.5 Å². The number of hydrogen-bond acceptors (Lipinski definition) is 4. The van der Waals surface area contributed by atoms with Crippen molar-refractivity contribution in [1.82, 2.24) is 25.0 Å². The van der Waals surface area contributed by atoms with Gasteiger partial charge in [-0.05, 0) is 38.8 Å². The highest BCUT2D eigenvalue weighted by molar-refractivity contribution is 4.98. The van der Waals surface area contributed by atoms with E-state index in [4.69, 9.17) is 0 Å². The Labute approximate surface area is 102 Å². The van der Waals surface area contributed by atoms with E-state index in [1.807, 2.05) is 6.33 Å². The van der Waals surface area contributed by atoms with E-state index in [2.05, 4.69) is 31.9 Å². The van der Waals surface area contributed by atoms with Gasteiger partial charge < -0.3 is 9.88 Å². The number of nitrogens with one attached hydrogen (secondary N) is 1. The van der Waals surface area contributed by atoms with Crippen molar-refractivity contribution in [2.45, 2.75) is 32.4 Å². The van der Waals surface area contributed by atoms with Crippen LogP contribution in [0.2, 0.25) is 0 Å². The van der Waals surface area contributed by atoms with E-state index in [9.17, 15) is 0 Å². The molecule has 94 valence electrons. The van der Waals surface area contributed by atoms with Gasteiger partial charge in [0.15, 0.2) is 0 Å². The molecule has 1 aromatic heterocycles. The molecular weight excluding hydrogens is 214 g/mol. The van der Waals surface area contributed by atoms with Crippen LogP contribution in [0.15, 0.2) is 6.33 Å². The lowest BCUT2D eigenvalue weighted by atomic mass is 9.98. The van der Waals surface area contributed by atoms with Crippen molar-refractivity contribution in [2.24, 2.45) is 5.92 Å². The van der Waals surface area contributed by atoms with Crippen molar-refractivity contribution in [2.75, 3.05) is 26.2 Å². The molecule has 0 saturated carbocycles. The second-order valence-electron chi connectivity index (χ2n) is 5.27. The van der Waals surface area contributed by atoms with Crippen molar-refractivity contribution in [1.29, 1.82) is 0 Å². The van der Waals surface area contributed by atoms with E-state index in [1.54, 1.807) is 0 Å². The molecule has 1 saturated heterocycles. The zero-order valence-corrected chi connectivity index (χ0v) is 10.5. The van der Waals surface area contributed by atoms with Gasteiger partial charge in [-0.3, -0.25) is 4.90 Å². The van der Waals surface area contributed by atoms with Gasteiger partial charge in [0, 0.05) is 19.6 Å². The van der Waals surface area contributed by atoms with E-state index in [-0.39, 0.29) is 0 Å². The summed E-state index contributed by atoms with van der Waals surface area (Å²) in [5.41, 5.74) is 0. The lowest BCUT2D eigenvalue weighted by Crippen LogP contribution is -2.43. The molecule has 3 heterocycles. The third kappa shape index (κ3) is 2.21. The van der Waals surface area contributed by atoms with Crippen LogP contribution < -0.4 is 5.32 Å². The zero-order chi connectivity index (χ0) is 11.7. The first-order valence-corrected chi connectivity index (χ1v) is 6.67. The van der Waals surface area contributed by atoms with Gasteiger partial charge >= 0.3 is 0 Å². The maximum absolute atomic E-state index is 4.24. The molecule has 0 aromatic carbocycles. The summed E-state index contributed by atoms with van der Waals surface area (Å²) in [6.07, 6.45) is 4.54. The van der Waals surface area contributed by atoms with E-state index in [0.717, 1.165) is 24.8 Å². The van der Waals surface area contributed by atoms with E-state index >= 15 is 0 Å². The molecule has 2 atom stereocenters. The maximum Gasteiger partial charge on any atom is 0.149 e. The topological polar surface area (TPSA) is 46.0 Å². The second-order valence-corrected chi connectivity index (χ2v) is 5.27. The van der Waals surface area contributed by atoms with Crippen LogP contribution in [0.4, 0.5) is 0 Å². The van der Waals surface area contributed by atoms with E-state index in [0.29, 0.717) is 6.04 Å². The molecule has 0 spiro atoms. The first kappa shape index (κ1) is 11.2. The minimum Gasteiger partial charge on any atom is -0.316 e. The first-order chi connectivity index (χ1) is 8.34. The number of piperidine rings is 1. The Bertz CT molecular complexity index is 369. The molecule has 5 nitrogen and oxygen atoms in total. The maximum atomic E-state index is 4.24. The lowest BCUT2D eigenvalue weighted by molar-refractivity contribution is 0.129. The molecule has 0 radical (unpaired) electrons. The SMILES string of the molecule is CC1c2nncn2CCN1CC1CCCNC1. The number of nitrogens with zero attached hydrogens (tertiary/aromatic N) is 4. The molecule has 2 aliphatic heterocycles. The van der Waals surface area contributed by atoms with Crippen LogP contribution in [0.5, 0.6) is 0 Å². The Kier molecular flexibility index (Phi) is 3.11. The van der Waals surface area contributed by atoms with Gasteiger partial charge in [-0.15, -0.1) is 10.2 Å². The molecular formula is C12H21N5. The van der Waals surface area contributed by atoms with Crippen LogP contribution in [0.3, 0.4) is 0 Å². The van der Waals surface area contributed by atoms with Crippen molar-refractivity contribution in [3.05, 3.63) is 12.2 Å². The Balaban J connectivity index is 1.65. The predicted octanol–water partition coefficient (Wildman–Crippen LogP) is 0.654. The third-order valence-corrected chi connectivity index (χ3v) is 4.09. The summed E-state index contributed by atoms with van der Waals surface area (Å²) in [4.78, 5) is 2.56. The van der Waals surface area contributed by atoms with E-state index < -0.39 is 0 Å².